The van der Waals surface area contributed by atoms with Gasteiger partial charge in [0.2, 0.25) is 5.91 Å². The molecule has 2 atom stereocenters. The molecule has 1 aliphatic carbocycles. The Bertz CT molecular complexity index is 1230. The number of amides is 1. The Morgan fingerprint density at radius 1 is 1.23 bits per heavy atom. The zero-order valence-corrected chi connectivity index (χ0v) is 17.2. The molecule has 31 heavy (non-hydrogen) atoms. The van der Waals surface area contributed by atoms with Crippen LogP contribution in [0.1, 0.15) is 49.5 Å². The number of halogens is 1. The Balaban J connectivity index is 1.31. The minimum absolute atomic E-state index is 0.0283. The molecule has 0 bridgehead atoms. The number of nitrogens with zero attached hydrogens (tertiary/aromatic N) is 5. The number of carbonyl (C=O) groups is 1. The average Bonchev–Trinajstić information content (AvgIpc) is 3.39. The highest BCUT2D eigenvalue weighted by Crippen LogP contribution is 2.31. The van der Waals surface area contributed by atoms with Gasteiger partial charge in [-0.3, -0.25) is 4.79 Å². The summed E-state index contributed by atoms with van der Waals surface area (Å²) in [6.45, 7) is 1.97. The van der Waals surface area contributed by atoms with Gasteiger partial charge in [-0.2, -0.15) is 5.10 Å². The van der Waals surface area contributed by atoms with E-state index in [9.17, 15) is 9.18 Å². The van der Waals surface area contributed by atoms with Crippen molar-refractivity contribution in [2.24, 2.45) is 0 Å². The molecule has 1 N–H and O–H groups in total. The van der Waals surface area contributed by atoms with Crippen LogP contribution in [0, 0.1) is 5.82 Å². The molecule has 8 heteroatoms. The van der Waals surface area contributed by atoms with Crippen molar-refractivity contribution in [3.8, 4) is 5.69 Å². The Morgan fingerprint density at radius 2 is 2.03 bits per heavy atom. The highest BCUT2D eigenvalue weighted by molar-refractivity contribution is 5.78. The normalized spacial score (nSPS) is 16.8. The quantitative estimate of drug-likeness (QED) is 0.533. The van der Waals surface area contributed by atoms with Gasteiger partial charge in [0.05, 0.1) is 29.5 Å². The molecule has 1 aliphatic rings. The van der Waals surface area contributed by atoms with Crippen molar-refractivity contribution < 1.29 is 9.18 Å². The number of benzene rings is 2. The maximum absolute atomic E-state index is 13.3. The molecule has 2 heterocycles. The summed E-state index contributed by atoms with van der Waals surface area (Å²) in [4.78, 5) is 12.8. The highest BCUT2D eigenvalue weighted by atomic mass is 19.1. The second kappa shape index (κ2) is 7.94. The van der Waals surface area contributed by atoms with Crippen molar-refractivity contribution in [1.82, 2.24) is 30.1 Å². The molecule has 2 aromatic heterocycles. The third-order valence-corrected chi connectivity index (χ3v) is 5.87. The van der Waals surface area contributed by atoms with E-state index in [0.29, 0.717) is 6.42 Å². The van der Waals surface area contributed by atoms with E-state index >= 15 is 0 Å². The van der Waals surface area contributed by atoms with E-state index < -0.39 is 0 Å². The summed E-state index contributed by atoms with van der Waals surface area (Å²) in [5.74, 6) is -0.302. The van der Waals surface area contributed by atoms with Crippen LogP contribution in [0.2, 0.25) is 0 Å². The molecular formula is C23H23FN6O. The largest absolute Gasteiger partial charge is 0.349 e. The van der Waals surface area contributed by atoms with Crippen molar-refractivity contribution in [3.05, 3.63) is 71.8 Å². The van der Waals surface area contributed by atoms with Crippen LogP contribution in [0.25, 0.3) is 16.7 Å². The lowest BCUT2D eigenvalue weighted by Gasteiger charge is -2.25. The van der Waals surface area contributed by atoms with Crippen molar-refractivity contribution in [3.63, 3.8) is 0 Å². The van der Waals surface area contributed by atoms with Gasteiger partial charge < -0.3 is 5.32 Å². The predicted octanol–water partition coefficient (Wildman–Crippen LogP) is 3.90. The molecule has 0 spiro atoms. The SMILES string of the molecule is C[C@H](CC(=O)N[C@H]1CCCc2c1cnn2-c1ccc(F)cc1)n1nnc2ccccc21. The maximum Gasteiger partial charge on any atom is 0.222 e. The molecule has 2 aromatic carbocycles. The van der Waals surface area contributed by atoms with E-state index in [1.54, 1.807) is 16.8 Å². The maximum atomic E-state index is 13.3. The van der Waals surface area contributed by atoms with Gasteiger partial charge in [-0.25, -0.2) is 13.8 Å². The summed E-state index contributed by atoms with van der Waals surface area (Å²) in [6.07, 6.45) is 4.82. The lowest BCUT2D eigenvalue weighted by atomic mass is 9.92. The van der Waals surface area contributed by atoms with E-state index in [4.69, 9.17) is 0 Å². The lowest BCUT2D eigenvalue weighted by molar-refractivity contribution is -0.122. The van der Waals surface area contributed by atoms with Crippen LogP contribution < -0.4 is 5.32 Å². The van der Waals surface area contributed by atoms with Crippen LogP contribution in [0.15, 0.2) is 54.7 Å². The molecule has 5 rings (SSSR count). The van der Waals surface area contributed by atoms with Crippen LogP contribution >= 0.6 is 0 Å². The molecule has 0 radical (unpaired) electrons. The number of fused-ring (bicyclic) bond motifs is 2. The minimum atomic E-state index is -0.274. The smallest absolute Gasteiger partial charge is 0.222 e. The second-order valence-corrected chi connectivity index (χ2v) is 8.02. The van der Waals surface area contributed by atoms with Gasteiger partial charge in [-0.05, 0) is 62.6 Å². The van der Waals surface area contributed by atoms with E-state index in [1.165, 1.54) is 12.1 Å². The van der Waals surface area contributed by atoms with Crippen molar-refractivity contribution >= 4 is 16.9 Å². The first kappa shape index (κ1) is 19.4. The molecule has 158 valence electrons. The number of hydrogen-bond acceptors (Lipinski definition) is 4. The van der Waals surface area contributed by atoms with Gasteiger partial charge in [0.1, 0.15) is 11.3 Å². The van der Waals surface area contributed by atoms with Gasteiger partial charge in [0.25, 0.3) is 0 Å². The van der Waals surface area contributed by atoms with Crippen molar-refractivity contribution in [1.29, 1.82) is 0 Å². The Labute approximate surface area is 178 Å². The predicted molar refractivity (Wildman–Crippen MR) is 114 cm³/mol. The number of para-hydroxylation sites is 1. The number of hydrogen-bond donors (Lipinski definition) is 1. The first-order valence-corrected chi connectivity index (χ1v) is 10.5. The number of nitrogens with one attached hydrogen (secondary N) is 1. The van der Waals surface area contributed by atoms with Gasteiger partial charge in [0.15, 0.2) is 0 Å². The van der Waals surface area contributed by atoms with Crippen LogP contribution in [-0.2, 0) is 11.2 Å². The summed E-state index contributed by atoms with van der Waals surface area (Å²) in [6, 6.07) is 13.8. The standard InChI is InChI=1S/C23H23FN6O/c1-15(29-22-7-3-2-5-20(22)27-28-29)13-23(31)26-19-6-4-8-21-18(19)14-25-30(21)17-11-9-16(24)10-12-17/h2-3,5,7,9-12,14-15,19H,4,6,8,13H2,1H3,(H,26,31)/t15-,19+/m1/s1. The molecule has 0 saturated heterocycles. The van der Waals surface area contributed by atoms with E-state index in [2.05, 4.69) is 20.7 Å². The lowest BCUT2D eigenvalue weighted by Crippen LogP contribution is -2.32. The van der Waals surface area contributed by atoms with E-state index in [-0.39, 0.29) is 23.8 Å². The molecule has 0 saturated carbocycles. The van der Waals surface area contributed by atoms with E-state index in [0.717, 1.165) is 47.2 Å². The fourth-order valence-corrected chi connectivity index (χ4v) is 4.33. The summed E-state index contributed by atoms with van der Waals surface area (Å²) in [7, 11) is 0. The molecule has 1 amide bonds. The first-order valence-electron chi connectivity index (χ1n) is 10.5. The number of rotatable bonds is 5. The molecule has 0 unspecified atom stereocenters. The topological polar surface area (TPSA) is 77.6 Å². The third-order valence-electron chi connectivity index (χ3n) is 5.87. The summed E-state index contributed by atoms with van der Waals surface area (Å²) in [5.41, 5.74) is 4.66. The van der Waals surface area contributed by atoms with Crippen molar-refractivity contribution in [2.75, 3.05) is 0 Å². The fraction of sp³-hybridized carbons (Fsp3) is 0.304. The molecule has 7 nitrogen and oxygen atoms in total. The van der Waals surface area contributed by atoms with Gasteiger partial charge >= 0.3 is 0 Å². The first-order chi connectivity index (χ1) is 15.1. The summed E-state index contributed by atoms with van der Waals surface area (Å²) in [5, 5.41) is 16.1. The van der Waals surface area contributed by atoms with Crippen LogP contribution in [0.4, 0.5) is 4.39 Å². The van der Waals surface area contributed by atoms with Gasteiger partial charge in [0, 0.05) is 17.7 Å². The fourth-order valence-electron chi connectivity index (χ4n) is 4.33. The Hall–Kier alpha value is -3.55. The summed E-state index contributed by atoms with van der Waals surface area (Å²) < 4.78 is 16.9. The highest BCUT2D eigenvalue weighted by Gasteiger charge is 2.27. The minimum Gasteiger partial charge on any atom is -0.349 e. The number of carbonyl (C=O) groups excluding carboxylic acids is 1. The van der Waals surface area contributed by atoms with Gasteiger partial charge in [-0.15, -0.1) is 5.10 Å². The molecule has 0 aliphatic heterocycles. The van der Waals surface area contributed by atoms with Crippen LogP contribution in [0.5, 0.6) is 0 Å². The van der Waals surface area contributed by atoms with E-state index in [1.807, 2.05) is 42.1 Å². The monoisotopic (exact) mass is 418 g/mol. The average molecular weight is 418 g/mol. The summed E-state index contributed by atoms with van der Waals surface area (Å²) >= 11 is 0. The zero-order chi connectivity index (χ0) is 21.4. The Kier molecular flexibility index (Phi) is 4.97. The van der Waals surface area contributed by atoms with Crippen LogP contribution in [-0.4, -0.2) is 30.7 Å². The molecule has 0 fully saturated rings. The molecular weight excluding hydrogens is 395 g/mol. The number of aromatic nitrogens is 5. The third kappa shape index (κ3) is 3.69. The zero-order valence-electron chi connectivity index (χ0n) is 17.2. The molecule has 4 aromatic rings. The van der Waals surface area contributed by atoms with Crippen LogP contribution in [0.3, 0.4) is 0 Å². The van der Waals surface area contributed by atoms with Crippen molar-refractivity contribution in [2.45, 2.75) is 44.7 Å². The van der Waals surface area contributed by atoms with Gasteiger partial charge in [-0.1, -0.05) is 17.3 Å². The second-order valence-electron chi connectivity index (χ2n) is 8.02. The Morgan fingerprint density at radius 3 is 2.87 bits per heavy atom.